The first-order valence-corrected chi connectivity index (χ1v) is 22.8. The fourth-order valence-corrected chi connectivity index (χ4v) is 12.3. The zero-order chi connectivity index (χ0) is 42.7. The van der Waals surface area contributed by atoms with E-state index >= 15 is 0 Å². The van der Waals surface area contributed by atoms with Crippen LogP contribution in [0.2, 0.25) is 0 Å². The molecule has 0 aliphatic heterocycles. The number of aromatic nitrogens is 2. The van der Waals surface area contributed by atoms with Crippen molar-refractivity contribution >= 4 is 10.8 Å². The van der Waals surface area contributed by atoms with Gasteiger partial charge in [-0.25, -0.2) is 9.97 Å². The molecule has 0 radical (unpaired) electrons. The van der Waals surface area contributed by atoms with Crippen molar-refractivity contribution in [2.75, 3.05) is 0 Å². The monoisotopic (exact) mass is 821 g/mol. The Kier molecular flexibility index (Phi) is 9.23. The maximum atomic E-state index is 9.37. The number of hydrogen-bond acceptors (Lipinski definition) is 3. The number of benzene rings is 8. The van der Waals surface area contributed by atoms with Crippen molar-refractivity contribution in [1.29, 1.82) is 5.26 Å². The number of rotatable bonds is 8. The van der Waals surface area contributed by atoms with Crippen LogP contribution < -0.4 is 0 Å². The molecule has 8 aromatic carbocycles. The molecule has 3 heteroatoms. The lowest BCUT2D eigenvalue weighted by Gasteiger charge is -2.63. The molecule has 2 unspecified atom stereocenters. The summed E-state index contributed by atoms with van der Waals surface area (Å²) in [6, 6.07) is 74.5. The Morgan fingerprint density at radius 3 is 1.38 bits per heavy atom. The first-order valence-electron chi connectivity index (χ1n) is 22.8. The Hall–Kier alpha value is -7.41. The molecular formula is C61H47N3. The van der Waals surface area contributed by atoms with Crippen LogP contribution in [0, 0.1) is 23.2 Å². The summed E-state index contributed by atoms with van der Waals surface area (Å²) in [6.45, 7) is 0. The second-order valence-electron chi connectivity index (χ2n) is 18.9. The molecule has 1 aromatic heterocycles. The van der Waals surface area contributed by atoms with Gasteiger partial charge in [-0.2, -0.15) is 5.26 Å². The van der Waals surface area contributed by atoms with Crippen LogP contribution in [0.15, 0.2) is 200 Å². The Bertz CT molecular complexity index is 3120. The van der Waals surface area contributed by atoms with Gasteiger partial charge in [-0.3, -0.25) is 0 Å². The molecule has 64 heavy (non-hydrogen) atoms. The van der Waals surface area contributed by atoms with E-state index in [1.165, 1.54) is 83.0 Å². The molecule has 306 valence electrons. The highest BCUT2D eigenvalue weighted by atomic mass is 14.9. The van der Waals surface area contributed by atoms with E-state index in [1.807, 2.05) is 12.1 Å². The summed E-state index contributed by atoms with van der Waals surface area (Å²) in [5.74, 6) is 2.25. The van der Waals surface area contributed by atoms with Crippen LogP contribution in [0.5, 0.6) is 0 Å². The van der Waals surface area contributed by atoms with Crippen LogP contribution >= 0.6 is 0 Å². The van der Waals surface area contributed by atoms with Gasteiger partial charge in [0.15, 0.2) is 5.82 Å². The molecule has 0 amide bonds. The third-order valence-corrected chi connectivity index (χ3v) is 14.9. The first kappa shape index (κ1) is 38.3. The van der Waals surface area contributed by atoms with Crippen molar-refractivity contribution in [3.8, 4) is 73.4 Å². The van der Waals surface area contributed by atoms with Crippen LogP contribution in [0.4, 0.5) is 0 Å². The molecule has 13 rings (SSSR count). The molecule has 4 aliphatic carbocycles. The number of fused-ring (bicyclic) bond motifs is 1. The summed E-state index contributed by atoms with van der Waals surface area (Å²) in [4.78, 5) is 10.6. The molecule has 1 heterocycles. The fraction of sp³-hybridized carbons (Fsp3) is 0.164. The van der Waals surface area contributed by atoms with E-state index in [2.05, 4.69) is 194 Å². The molecule has 0 saturated heterocycles. The zero-order valence-electron chi connectivity index (χ0n) is 35.8. The van der Waals surface area contributed by atoms with E-state index in [0.29, 0.717) is 5.56 Å². The summed E-state index contributed by atoms with van der Waals surface area (Å²) < 4.78 is 0. The Morgan fingerprint density at radius 2 is 0.828 bits per heavy atom. The van der Waals surface area contributed by atoms with Crippen molar-refractivity contribution in [2.45, 2.75) is 49.4 Å². The lowest BCUT2D eigenvalue weighted by Crippen LogP contribution is -2.55. The molecular weight excluding hydrogens is 775 g/mol. The predicted octanol–water partition coefficient (Wildman–Crippen LogP) is 15.3. The topological polar surface area (TPSA) is 49.6 Å². The van der Waals surface area contributed by atoms with E-state index in [4.69, 9.17) is 9.97 Å². The Labute approximate surface area is 375 Å². The SMILES string of the molecule is N#Cc1ccc2cc(-c3ccc(C45CC6CC(C4)CC(c4ccc(-c7nc(-c8cccc(-c9ccccc9)c8)cc(-c8cccc(-c9ccccc9)c8)n7)cc4)(C6)C5)cc3)ccc2c1. The van der Waals surface area contributed by atoms with Crippen molar-refractivity contribution in [2.24, 2.45) is 11.8 Å². The summed E-state index contributed by atoms with van der Waals surface area (Å²) in [6.07, 6.45) is 7.71. The standard InChI is InChI=1S/C61H47N3/c62-39-41-17-18-52-31-51(20-19-50(52)30-41)46-21-25-55(26-22-46)60-35-42-29-43(36-60)38-61(37-42,40-60)56-27-23-47(24-28-56)59-63-57(53-15-7-13-48(32-53)44-9-3-1-4-10-44)34-58(64-59)54-16-8-14-49(33-54)45-11-5-2-6-12-45/h1-28,30-34,42-43H,29,35-38,40H2. The van der Waals surface area contributed by atoms with Gasteiger partial charge in [0.05, 0.1) is 23.0 Å². The normalized spacial score (nSPS) is 20.9. The number of nitrogens with zero attached hydrogens (tertiary/aromatic N) is 3. The van der Waals surface area contributed by atoms with Gasteiger partial charge >= 0.3 is 0 Å². The highest BCUT2D eigenvalue weighted by molar-refractivity contribution is 5.88. The molecule has 4 fully saturated rings. The molecule has 2 atom stereocenters. The average molecular weight is 822 g/mol. The summed E-state index contributed by atoms with van der Waals surface area (Å²) in [5, 5.41) is 11.6. The van der Waals surface area contributed by atoms with Gasteiger partial charge in [0.1, 0.15) is 0 Å². The van der Waals surface area contributed by atoms with Crippen LogP contribution in [0.25, 0.3) is 78.1 Å². The van der Waals surface area contributed by atoms with Gasteiger partial charge < -0.3 is 0 Å². The van der Waals surface area contributed by atoms with Crippen LogP contribution in [0.1, 0.15) is 55.2 Å². The van der Waals surface area contributed by atoms with Crippen LogP contribution in [0.3, 0.4) is 0 Å². The lowest BCUT2D eigenvalue weighted by molar-refractivity contribution is -0.0281. The Morgan fingerprint density at radius 1 is 0.391 bits per heavy atom. The molecule has 4 aliphatic rings. The minimum atomic E-state index is 0.172. The summed E-state index contributed by atoms with van der Waals surface area (Å²) in [7, 11) is 0. The van der Waals surface area contributed by atoms with Crippen LogP contribution in [-0.4, -0.2) is 9.97 Å². The highest BCUT2D eigenvalue weighted by Gasteiger charge is 2.58. The molecule has 0 spiro atoms. The van der Waals surface area contributed by atoms with Gasteiger partial charge in [0.2, 0.25) is 0 Å². The third kappa shape index (κ3) is 6.91. The van der Waals surface area contributed by atoms with Crippen molar-refractivity contribution in [1.82, 2.24) is 9.97 Å². The van der Waals surface area contributed by atoms with E-state index < -0.39 is 0 Å². The van der Waals surface area contributed by atoms with Gasteiger partial charge in [-0.05, 0) is 153 Å². The second kappa shape index (κ2) is 15.4. The summed E-state index contributed by atoms with van der Waals surface area (Å²) in [5.41, 5.74) is 16.2. The minimum absolute atomic E-state index is 0.172. The molecule has 3 nitrogen and oxygen atoms in total. The van der Waals surface area contributed by atoms with E-state index in [-0.39, 0.29) is 10.8 Å². The smallest absolute Gasteiger partial charge is 0.160 e. The van der Waals surface area contributed by atoms with Gasteiger partial charge in [0.25, 0.3) is 0 Å². The Balaban J connectivity index is 0.876. The lowest BCUT2D eigenvalue weighted by atomic mass is 9.41. The molecule has 9 aromatic rings. The highest BCUT2D eigenvalue weighted by Crippen LogP contribution is 2.66. The maximum absolute atomic E-state index is 9.37. The zero-order valence-corrected chi connectivity index (χ0v) is 35.8. The van der Waals surface area contributed by atoms with E-state index in [1.54, 1.807) is 0 Å². The average Bonchev–Trinajstić information content (AvgIpc) is 3.36. The summed E-state index contributed by atoms with van der Waals surface area (Å²) >= 11 is 0. The van der Waals surface area contributed by atoms with Crippen molar-refractivity contribution < 1.29 is 0 Å². The van der Waals surface area contributed by atoms with Gasteiger partial charge in [0, 0.05) is 16.7 Å². The van der Waals surface area contributed by atoms with Crippen LogP contribution in [-0.2, 0) is 10.8 Å². The quantitative estimate of drug-likeness (QED) is 0.153. The van der Waals surface area contributed by atoms with Gasteiger partial charge in [-0.15, -0.1) is 0 Å². The van der Waals surface area contributed by atoms with Gasteiger partial charge in [-0.1, -0.05) is 164 Å². The van der Waals surface area contributed by atoms with Crippen molar-refractivity contribution in [3.05, 3.63) is 217 Å². The number of nitriles is 1. The maximum Gasteiger partial charge on any atom is 0.160 e. The number of hydrogen-bond donors (Lipinski definition) is 0. The fourth-order valence-electron chi connectivity index (χ4n) is 12.3. The first-order chi connectivity index (χ1) is 31.5. The van der Waals surface area contributed by atoms with E-state index in [9.17, 15) is 5.26 Å². The second-order valence-corrected chi connectivity index (χ2v) is 18.9. The molecule has 0 N–H and O–H groups in total. The predicted molar refractivity (Wildman–Crippen MR) is 261 cm³/mol. The van der Waals surface area contributed by atoms with E-state index in [0.717, 1.165) is 56.5 Å². The third-order valence-electron chi connectivity index (χ3n) is 14.9. The van der Waals surface area contributed by atoms with Crippen molar-refractivity contribution in [3.63, 3.8) is 0 Å². The molecule has 4 bridgehead atoms. The minimum Gasteiger partial charge on any atom is -0.228 e. The molecule has 4 saturated carbocycles. The largest absolute Gasteiger partial charge is 0.228 e.